The standard InChI is InChI=1S/C17H17ClN4O3/c18-15-8-14(22(24)25)9-20-17(15)19-7-3-6-16(23)21-10-12-4-1-2-5-13(12)11-21/h1-2,4-5,8-9H,3,6-7,10-11H2,(H,19,20). The monoisotopic (exact) mass is 360 g/mol. The average molecular weight is 361 g/mol. The van der Waals surface area contributed by atoms with Crippen LogP contribution in [0.4, 0.5) is 11.5 Å². The molecule has 0 unspecified atom stereocenters. The van der Waals surface area contributed by atoms with Gasteiger partial charge in [-0.05, 0) is 17.5 Å². The van der Waals surface area contributed by atoms with Gasteiger partial charge in [-0.25, -0.2) is 4.98 Å². The zero-order chi connectivity index (χ0) is 17.8. The number of hydrogen-bond acceptors (Lipinski definition) is 5. The van der Waals surface area contributed by atoms with Crippen LogP contribution in [0.2, 0.25) is 5.02 Å². The van der Waals surface area contributed by atoms with Crippen LogP contribution in [0.5, 0.6) is 0 Å². The molecule has 3 rings (SSSR count). The summed E-state index contributed by atoms with van der Waals surface area (Å²) in [6.45, 7) is 1.84. The molecular weight excluding hydrogens is 344 g/mol. The first kappa shape index (κ1) is 17.2. The van der Waals surface area contributed by atoms with Crippen LogP contribution >= 0.6 is 11.6 Å². The molecule has 130 valence electrons. The lowest BCUT2D eigenvalue weighted by Gasteiger charge is -2.15. The number of nitrogens with one attached hydrogen (secondary N) is 1. The van der Waals surface area contributed by atoms with Crippen molar-refractivity contribution in [3.8, 4) is 0 Å². The van der Waals surface area contributed by atoms with Crippen LogP contribution in [-0.4, -0.2) is 27.3 Å². The fraction of sp³-hybridized carbons (Fsp3) is 0.294. The first-order valence-corrected chi connectivity index (χ1v) is 8.31. The average Bonchev–Trinajstić information content (AvgIpc) is 3.03. The normalized spacial score (nSPS) is 12.8. The van der Waals surface area contributed by atoms with E-state index in [4.69, 9.17) is 11.6 Å². The quantitative estimate of drug-likeness (QED) is 0.484. The van der Waals surface area contributed by atoms with Crippen molar-refractivity contribution in [3.63, 3.8) is 0 Å². The lowest BCUT2D eigenvalue weighted by Crippen LogP contribution is -2.25. The SMILES string of the molecule is O=C(CCCNc1ncc([N+](=O)[O-])cc1Cl)N1Cc2ccccc2C1. The Labute approximate surface area is 149 Å². The van der Waals surface area contributed by atoms with Gasteiger partial charge in [-0.15, -0.1) is 0 Å². The fourth-order valence-corrected chi connectivity index (χ4v) is 3.00. The molecule has 25 heavy (non-hydrogen) atoms. The van der Waals surface area contributed by atoms with Gasteiger partial charge in [0.15, 0.2) is 0 Å². The van der Waals surface area contributed by atoms with Crippen molar-refractivity contribution in [2.24, 2.45) is 0 Å². The van der Waals surface area contributed by atoms with E-state index >= 15 is 0 Å². The van der Waals surface area contributed by atoms with Crippen LogP contribution < -0.4 is 5.32 Å². The molecule has 1 aromatic heterocycles. The summed E-state index contributed by atoms with van der Waals surface area (Å²) in [5.41, 5.74) is 2.26. The molecule has 0 bridgehead atoms. The lowest BCUT2D eigenvalue weighted by atomic mass is 10.1. The van der Waals surface area contributed by atoms with Gasteiger partial charge in [-0.1, -0.05) is 35.9 Å². The zero-order valence-electron chi connectivity index (χ0n) is 13.4. The molecule has 0 atom stereocenters. The number of nitro groups is 1. The van der Waals surface area contributed by atoms with Crippen molar-refractivity contribution in [1.29, 1.82) is 0 Å². The predicted octanol–water partition coefficient (Wildman–Crippen LogP) is 3.38. The third kappa shape index (κ3) is 4.06. The van der Waals surface area contributed by atoms with E-state index in [0.29, 0.717) is 38.3 Å². The topological polar surface area (TPSA) is 88.4 Å². The molecular formula is C17H17ClN4O3. The zero-order valence-corrected chi connectivity index (χ0v) is 14.2. The van der Waals surface area contributed by atoms with Crippen LogP contribution in [0, 0.1) is 10.1 Å². The molecule has 0 saturated carbocycles. The number of carbonyl (C=O) groups excluding carboxylic acids is 1. The maximum absolute atomic E-state index is 12.3. The van der Waals surface area contributed by atoms with Crippen molar-refractivity contribution in [2.75, 3.05) is 11.9 Å². The first-order valence-electron chi connectivity index (χ1n) is 7.93. The second-order valence-corrected chi connectivity index (χ2v) is 6.24. The molecule has 0 aliphatic carbocycles. The summed E-state index contributed by atoms with van der Waals surface area (Å²) in [7, 11) is 0. The second-order valence-electron chi connectivity index (χ2n) is 5.83. The van der Waals surface area contributed by atoms with Crippen molar-refractivity contribution >= 4 is 29.0 Å². The minimum atomic E-state index is -0.546. The highest BCUT2D eigenvalue weighted by Gasteiger charge is 2.22. The number of anilines is 1. The number of amides is 1. The summed E-state index contributed by atoms with van der Waals surface area (Å²) in [6, 6.07) is 9.32. The first-order chi connectivity index (χ1) is 12.0. The molecule has 8 heteroatoms. The molecule has 7 nitrogen and oxygen atoms in total. The van der Waals surface area contributed by atoms with Crippen molar-refractivity contribution in [2.45, 2.75) is 25.9 Å². The number of carbonyl (C=O) groups is 1. The molecule has 1 aromatic carbocycles. The van der Waals surface area contributed by atoms with Gasteiger partial charge in [0, 0.05) is 32.1 Å². The Bertz CT molecular complexity index is 787. The van der Waals surface area contributed by atoms with E-state index < -0.39 is 4.92 Å². The van der Waals surface area contributed by atoms with Crippen LogP contribution in [-0.2, 0) is 17.9 Å². The van der Waals surface area contributed by atoms with Crippen LogP contribution in [0.15, 0.2) is 36.5 Å². The van der Waals surface area contributed by atoms with Crippen LogP contribution in [0.25, 0.3) is 0 Å². The Kier molecular flexibility index (Phi) is 5.14. The van der Waals surface area contributed by atoms with E-state index in [2.05, 4.69) is 10.3 Å². The van der Waals surface area contributed by atoms with E-state index in [1.165, 1.54) is 17.2 Å². The van der Waals surface area contributed by atoms with Crippen molar-refractivity contribution in [1.82, 2.24) is 9.88 Å². The minimum absolute atomic E-state index is 0.112. The fourth-order valence-electron chi connectivity index (χ4n) is 2.77. The number of aromatic nitrogens is 1. The van der Waals surface area contributed by atoms with E-state index in [1.807, 2.05) is 29.2 Å². The predicted molar refractivity (Wildman–Crippen MR) is 94.3 cm³/mol. The summed E-state index contributed by atoms with van der Waals surface area (Å²) in [5, 5.41) is 13.8. The van der Waals surface area contributed by atoms with Crippen LogP contribution in [0.3, 0.4) is 0 Å². The van der Waals surface area contributed by atoms with Gasteiger partial charge in [0.25, 0.3) is 5.69 Å². The van der Waals surface area contributed by atoms with Crippen molar-refractivity contribution in [3.05, 3.63) is 62.8 Å². The minimum Gasteiger partial charge on any atom is -0.369 e. The molecule has 1 aliphatic rings. The molecule has 0 spiro atoms. The molecule has 2 heterocycles. The Morgan fingerprint density at radius 2 is 2.00 bits per heavy atom. The highest BCUT2D eigenvalue weighted by molar-refractivity contribution is 6.33. The van der Waals surface area contributed by atoms with Gasteiger partial charge in [-0.3, -0.25) is 14.9 Å². The summed E-state index contributed by atoms with van der Waals surface area (Å²) in [6.07, 6.45) is 2.20. The Balaban J connectivity index is 1.45. The number of benzene rings is 1. The molecule has 0 radical (unpaired) electrons. The number of halogens is 1. The Hall–Kier alpha value is -2.67. The molecule has 0 saturated heterocycles. The summed E-state index contributed by atoms with van der Waals surface area (Å²) >= 11 is 5.97. The highest BCUT2D eigenvalue weighted by atomic mass is 35.5. The Morgan fingerprint density at radius 1 is 1.32 bits per heavy atom. The van der Waals surface area contributed by atoms with Gasteiger partial charge >= 0.3 is 0 Å². The van der Waals surface area contributed by atoms with Crippen molar-refractivity contribution < 1.29 is 9.72 Å². The number of fused-ring (bicyclic) bond motifs is 1. The maximum Gasteiger partial charge on any atom is 0.289 e. The van der Waals surface area contributed by atoms with Gasteiger partial charge in [0.2, 0.25) is 5.91 Å². The molecule has 2 aromatic rings. The number of hydrogen-bond donors (Lipinski definition) is 1. The number of nitrogens with zero attached hydrogens (tertiary/aromatic N) is 3. The van der Waals surface area contributed by atoms with E-state index in [9.17, 15) is 14.9 Å². The largest absolute Gasteiger partial charge is 0.369 e. The third-order valence-electron chi connectivity index (χ3n) is 4.09. The summed E-state index contributed by atoms with van der Waals surface area (Å²) in [5.74, 6) is 0.494. The van der Waals surface area contributed by atoms with Gasteiger partial charge in [-0.2, -0.15) is 0 Å². The Morgan fingerprint density at radius 3 is 2.60 bits per heavy atom. The van der Waals surface area contributed by atoms with E-state index in [0.717, 1.165) is 6.20 Å². The van der Waals surface area contributed by atoms with Gasteiger partial charge < -0.3 is 10.2 Å². The smallest absolute Gasteiger partial charge is 0.289 e. The van der Waals surface area contributed by atoms with Crippen LogP contribution in [0.1, 0.15) is 24.0 Å². The molecule has 0 fully saturated rings. The van der Waals surface area contributed by atoms with Gasteiger partial charge in [0.1, 0.15) is 12.0 Å². The summed E-state index contributed by atoms with van der Waals surface area (Å²) < 4.78 is 0. The molecule has 1 N–H and O–H groups in total. The van der Waals surface area contributed by atoms with E-state index in [1.54, 1.807) is 0 Å². The third-order valence-corrected chi connectivity index (χ3v) is 4.38. The lowest BCUT2D eigenvalue weighted by molar-refractivity contribution is -0.385. The molecule has 1 aliphatic heterocycles. The van der Waals surface area contributed by atoms with Gasteiger partial charge in [0.05, 0.1) is 9.95 Å². The second kappa shape index (κ2) is 7.48. The summed E-state index contributed by atoms with van der Waals surface area (Å²) in [4.78, 5) is 28.2. The highest BCUT2D eigenvalue weighted by Crippen LogP contribution is 2.24. The van der Waals surface area contributed by atoms with E-state index in [-0.39, 0.29) is 16.6 Å². The number of rotatable bonds is 6. The maximum atomic E-state index is 12.3. The molecule has 1 amide bonds. The number of pyridine rings is 1.